The average molecular weight is 384 g/mol. The molecule has 0 aliphatic heterocycles. The summed E-state index contributed by atoms with van der Waals surface area (Å²) in [6.45, 7) is 0.333. The number of benzene rings is 3. The first kappa shape index (κ1) is 19.7. The lowest BCUT2D eigenvalue weighted by Crippen LogP contribution is -2.13. The number of nitriles is 1. The van der Waals surface area contributed by atoms with E-state index in [2.05, 4.69) is 5.32 Å². The first-order valence-corrected chi connectivity index (χ1v) is 9.03. The van der Waals surface area contributed by atoms with E-state index in [9.17, 15) is 10.1 Å². The summed E-state index contributed by atoms with van der Waals surface area (Å²) in [5.41, 5.74) is 2.16. The molecule has 0 atom stereocenters. The second-order valence-electron chi connectivity index (χ2n) is 6.14. The highest BCUT2D eigenvalue weighted by atomic mass is 16.5. The Morgan fingerprint density at radius 1 is 1.00 bits per heavy atom. The summed E-state index contributed by atoms with van der Waals surface area (Å²) in [7, 11) is 1.55. The lowest BCUT2D eigenvalue weighted by molar-refractivity contribution is -0.112. The quantitative estimate of drug-likeness (QED) is 0.468. The van der Waals surface area contributed by atoms with E-state index in [0.717, 1.165) is 5.56 Å². The molecule has 0 aliphatic rings. The topological polar surface area (TPSA) is 71.3 Å². The molecule has 3 aromatic rings. The number of anilines is 1. The van der Waals surface area contributed by atoms with Crippen LogP contribution < -0.4 is 14.8 Å². The molecule has 0 aromatic heterocycles. The molecule has 0 fully saturated rings. The van der Waals surface area contributed by atoms with Gasteiger partial charge in [0.05, 0.1) is 7.11 Å². The molecule has 0 aliphatic carbocycles. The number of rotatable bonds is 7. The standard InChI is InChI=1S/C24H20N2O3/c1-28-22-14-8-11-19(23(22)29-17-18-9-4-2-5-10-18)15-20(16-25)24(27)26-21-12-6-3-7-13-21/h2-15H,17H2,1H3,(H,26,27). The monoisotopic (exact) mass is 384 g/mol. The predicted molar refractivity (Wildman–Crippen MR) is 112 cm³/mol. The van der Waals surface area contributed by atoms with Crippen molar-refractivity contribution in [1.29, 1.82) is 5.26 Å². The Labute approximate surface area is 169 Å². The van der Waals surface area contributed by atoms with Crippen LogP contribution in [0, 0.1) is 11.3 Å². The second-order valence-corrected chi connectivity index (χ2v) is 6.14. The summed E-state index contributed by atoms with van der Waals surface area (Å²) >= 11 is 0. The minimum absolute atomic E-state index is 0.0355. The maximum atomic E-state index is 12.5. The molecule has 1 N–H and O–H groups in total. The largest absolute Gasteiger partial charge is 0.493 e. The van der Waals surface area contributed by atoms with Crippen LogP contribution in [0.5, 0.6) is 11.5 Å². The van der Waals surface area contributed by atoms with Crippen LogP contribution >= 0.6 is 0 Å². The number of hydrogen-bond donors (Lipinski definition) is 1. The molecule has 144 valence electrons. The fraction of sp³-hybridized carbons (Fsp3) is 0.0833. The van der Waals surface area contributed by atoms with Crippen molar-refractivity contribution in [3.05, 3.63) is 95.6 Å². The average Bonchev–Trinajstić information content (AvgIpc) is 2.77. The fourth-order valence-corrected chi connectivity index (χ4v) is 2.72. The third-order valence-electron chi connectivity index (χ3n) is 4.15. The van der Waals surface area contributed by atoms with Gasteiger partial charge in [0, 0.05) is 11.3 Å². The molecule has 0 unspecified atom stereocenters. The van der Waals surface area contributed by atoms with E-state index in [0.29, 0.717) is 29.4 Å². The molecular weight excluding hydrogens is 364 g/mol. The highest BCUT2D eigenvalue weighted by Gasteiger charge is 2.14. The second kappa shape index (κ2) is 9.77. The Morgan fingerprint density at radius 2 is 1.69 bits per heavy atom. The maximum Gasteiger partial charge on any atom is 0.266 e. The number of para-hydroxylation sites is 2. The molecule has 3 aromatic carbocycles. The summed E-state index contributed by atoms with van der Waals surface area (Å²) in [4.78, 5) is 12.5. The number of methoxy groups -OCH3 is 1. The minimum Gasteiger partial charge on any atom is -0.493 e. The Kier molecular flexibility index (Phi) is 6.64. The summed E-state index contributed by atoms with van der Waals surface area (Å²) in [6.07, 6.45) is 1.50. The molecule has 29 heavy (non-hydrogen) atoms. The van der Waals surface area contributed by atoms with Gasteiger partial charge < -0.3 is 14.8 Å². The molecule has 0 spiro atoms. The summed E-state index contributed by atoms with van der Waals surface area (Å²) in [5.74, 6) is 0.505. The first-order chi connectivity index (χ1) is 14.2. The smallest absolute Gasteiger partial charge is 0.266 e. The molecule has 5 heteroatoms. The van der Waals surface area contributed by atoms with Crippen molar-refractivity contribution >= 4 is 17.7 Å². The molecule has 3 rings (SSSR count). The summed E-state index contributed by atoms with van der Waals surface area (Å²) in [6, 6.07) is 26.0. The number of carbonyl (C=O) groups excluding carboxylic acids is 1. The van der Waals surface area contributed by atoms with Crippen molar-refractivity contribution < 1.29 is 14.3 Å². The van der Waals surface area contributed by atoms with Crippen LogP contribution in [0.2, 0.25) is 0 Å². The van der Waals surface area contributed by atoms with Crippen molar-refractivity contribution in [2.45, 2.75) is 6.61 Å². The Hall–Kier alpha value is -4.04. The van der Waals surface area contributed by atoms with Crippen LogP contribution in [-0.2, 0) is 11.4 Å². The normalized spacial score (nSPS) is 10.7. The zero-order valence-corrected chi connectivity index (χ0v) is 16.0. The van der Waals surface area contributed by atoms with Gasteiger partial charge in [-0.3, -0.25) is 4.79 Å². The van der Waals surface area contributed by atoms with E-state index in [4.69, 9.17) is 9.47 Å². The Morgan fingerprint density at radius 3 is 2.34 bits per heavy atom. The van der Waals surface area contributed by atoms with Gasteiger partial charge in [0.15, 0.2) is 11.5 Å². The maximum absolute atomic E-state index is 12.5. The van der Waals surface area contributed by atoms with Crippen LogP contribution in [0.4, 0.5) is 5.69 Å². The van der Waals surface area contributed by atoms with Crippen LogP contribution in [-0.4, -0.2) is 13.0 Å². The number of ether oxygens (including phenoxy) is 2. The number of carbonyl (C=O) groups is 1. The SMILES string of the molecule is COc1cccc(C=C(C#N)C(=O)Nc2ccccc2)c1OCc1ccccc1. The van der Waals surface area contributed by atoms with Gasteiger partial charge in [0.25, 0.3) is 5.91 Å². The van der Waals surface area contributed by atoms with E-state index < -0.39 is 5.91 Å². The van der Waals surface area contributed by atoms with E-state index in [1.54, 1.807) is 37.4 Å². The van der Waals surface area contributed by atoms with Gasteiger partial charge in [-0.1, -0.05) is 60.7 Å². The third kappa shape index (κ3) is 5.24. The van der Waals surface area contributed by atoms with E-state index >= 15 is 0 Å². The fourth-order valence-electron chi connectivity index (χ4n) is 2.72. The van der Waals surface area contributed by atoms with Gasteiger partial charge >= 0.3 is 0 Å². The molecule has 0 bridgehead atoms. The van der Waals surface area contributed by atoms with Gasteiger partial charge in [-0.05, 0) is 29.8 Å². The highest BCUT2D eigenvalue weighted by Crippen LogP contribution is 2.33. The molecular formula is C24H20N2O3. The van der Waals surface area contributed by atoms with Crippen LogP contribution in [0.1, 0.15) is 11.1 Å². The van der Waals surface area contributed by atoms with Crippen molar-refractivity contribution in [3.8, 4) is 17.6 Å². The molecule has 0 radical (unpaired) electrons. The first-order valence-electron chi connectivity index (χ1n) is 9.03. The Balaban J connectivity index is 1.87. The highest BCUT2D eigenvalue weighted by molar-refractivity contribution is 6.09. The summed E-state index contributed by atoms with van der Waals surface area (Å²) in [5, 5.41) is 12.2. The summed E-state index contributed by atoms with van der Waals surface area (Å²) < 4.78 is 11.4. The lowest BCUT2D eigenvalue weighted by Gasteiger charge is -2.14. The van der Waals surface area contributed by atoms with E-state index in [1.165, 1.54) is 6.08 Å². The van der Waals surface area contributed by atoms with Crippen molar-refractivity contribution in [3.63, 3.8) is 0 Å². The van der Waals surface area contributed by atoms with Gasteiger partial charge in [-0.2, -0.15) is 5.26 Å². The molecule has 5 nitrogen and oxygen atoms in total. The van der Waals surface area contributed by atoms with Crippen LogP contribution in [0.15, 0.2) is 84.4 Å². The van der Waals surface area contributed by atoms with E-state index in [-0.39, 0.29) is 5.57 Å². The predicted octanol–water partition coefficient (Wildman–Crippen LogP) is 4.82. The molecule has 0 saturated heterocycles. The van der Waals surface area contributed by atoms with Crippen LogP contribution in [0.3, 0.4) is 0 Å². The van der Waals surface area contributed by atoms with Crippen molar-refractivity contribution in [1.82, 2.24) is 0 Å². The van der Waals surface area contributed by atoms with E-state index in [1.807, 2.05) is 54.6 Å². The number of hydrogen-bond acceptors (Lipinski definition) is 4. The van der Waals surface area contributed by atoms with Gasteiger partial charge in [-0.15, -0.1) is 0 Å². The number of nitrogens with zero attached hydrogens (tertiary/aromatic N) is 1. The molecule has 1 amide bonds. The van der Waals surface area contributed by atoms with Gasteiger partial charge in [0.1, 0.15) is 18.2 Å². The zero-order valence-electron chi connectivity index (χ0n) is 16.0. The van der Waals surface area contributed by atoms with Gasteiger partial charge in [0.2, 0.25) is 0 Å². The van der Waals surface area contributed by atoms with Crippen LogP contribution in [0.25, 0.3) is 6.08 Å². The molecule has 0 heterocycles. The van der Waals surface area contributed by atoms with Gasteiger partial charge in [-0.25, -0.2) is 0 Å². The lowest BCUT2D eigenvalue weighted by atomic mass is 10.1. The number of amides is 1. The minimum atomic E-state index is -0.490. The zero-order chi connectivity index (χ0) is 20.5. The van der Waals surface area contributed by atoms with Crippen molar-refractivity contribution in [2.75, 3.05) is 12.4 Å². The Bertz CT molecular complexity index is 1040. The third-order valence-corrected chi connectivity index (χ3v) is 4.15. The molecule has 0 saturated carbocycles. The number of nitrogens with one attached hydrogen (secondary N) is 1. The van der Waals surface area contributed by atoms with Crippen molar-refractivity contribution in [2.24, 2.45) is 0 Å².